The van der Waals surface area contributed by atoms with Crippen molar-refractivity contribution in [3.8, 4) is 11.3 Å². The molecule has 0 atom stereocenters. The molecule has 1 amide bonds. The summed E-state index contributed by atoms with van der Waals surface area (Å²) in [6.07, 6.45) is 1.64. The number of hydrogen-bond donors (Lipinski definition) is 3. The Balaban J connectivity index is 0.000000405. The number of aromatic amines is 1. The number of alkyl halides is 3. The molecular weight excluding hydrogens is 489 g/mol. The normalized spacial score (nSPS) is 15.5. The second-order valence-electron chi connectivity index (χ2n) is 8.38. The SMILES string of the molecule is O=C(O)C(F)(F)F.O=C1NCCc2[nH]c(-c3ccnc(/C=C/c4ccc(N5CCOCC5)cc4)c3)cc21. The number of hydrogen-bond acceptors (Lipinski definition) is 5. The summed E-state index contributed by atoms with van der Waals surface area (Å²) in [5.41, 5.74) is 6.95. The lowest BCUT2D eigenvalue weighted by Gasteiger charge is -2.28. The van der Waals surface area contributed by atoms with Crippen molar-refractivity contribution in [3.05, 3.63) is 71.2 Å². The molecule has 0 bridgehead atoms. The minimum Gasteiger partial charge on any atom is -0.475 e. The molecule has 3 N–H and O–H groups in total. The van der Waals surface area contributed by atoms with Crippen LogP contribution in [0.5, 0.6) is 0 Å². The van der Waals surface area contributed by atoms with Crippen molar-refractivity contribution in [3.63, 3.8) is 0 Å². The maximum atomic E-state index is 12.0. The molecule has 2 aliphatic heterocycles. The van der Waals surface area contributed by atoms with Crippen molar-refractivity contribution in [2.24, 2.45) is 0 Å². The Labute approximate surface area is 210 Å². The monoisotopic (exact) mass is 514 g/mol. The molecular formula is C26H25F3N4O4. The molecule has 11 heteroatoms. The van der Waals surface area contributed by atoms with Gasteiger partial charge in [0.2, 0.25) is 0 Å². The second-order valence-corrected chi connectivity index (χ2v) is 8.38. The van der Waals surface area contributed by atoms with Gasteiger partial charge in [-0.1, -0.05) is 18.2 Å². The number of carbonyl (C=O) groups is 2. The Morgan fingerprint density at radius 2 is 1.78 bits per heavy atom. The molecule has 0 radical (unpaired) electrons. The van der Waals surface area contributed by atoms with Gasteiger partial charge in [-0.3, -0.25) is 9.78 Å². The molecule has 1 aromatic carbocycles. The number of carbonyl (C=O) groups excluding carboxylic acids is 1. The van der Waals surface area contributed by atoms with Crippen LogP contribution >= 0.6 is 0 Å². The molecule has 0 saturated carbocycles. The molecule has 0 unspecified atom stereocenters. The Bertz CT molecular complexity index is 1280. The zero-order chi connectivity index (χ0) is 26.4. The lowest BCUT2D eigenvalue weighted by Crippen LogP contribution is -2.36. The highest BCUT2D eigenvalue weighted by molar-refractivity contribution is 5.97. The van der Waals surface area contributed by atoms with Crippen molar-refractivity contribution >= 4 is 29.7 Å². The van der Waals surface area contributed by atoms with Crippen LogP contribution < -0.4 is 10.2 Å². The standard InChI is InChI=1S/C24H24N4O2.C2HF3O2/c29-24-21-16-23(27-22(21)8-10-26-24)18-7-9-25-19(15-18)4-1-17-2-5-20(6-3-17)28-11-13-30-14-12-28;3-2(4,5)1(6)7/h1-7,9,15-16,27H,8,10-14H2,(H,26,29);(H,6,7)/b4-1+;. The lowest BCUT2D eigenvalue weighted by molar-refractivity contribution is -0.192. The molecule has 2 aromatic heterocycles. The fourth-order valence-corrected chi connectivity index (χ4v) is 3.96. The fraction of sp³-hybridized carbons (Fsp3) is 0.269. The van der Waals surface area contributed by atoms with E-state index in [0.29, 0.717) is 6.54 Å². The van der Waals surface area contributed by atoms with Gasteiger partial charge in [0.05, 0.1) is 24.5 Å². The van der Waals surface area contributed by atoms with E-state index in [1.54, 1.807) is 6.20 Å². The van der Waals surface area contributed by atoms with Crippen LogP contribution in [0.2, 0.25) is 0 Å². The number of benzene rings is 1. The van der Waals surface area contributed by atoms with E-state index in [4.69, 9.17) is 14.6 Å². The summed E-state index contributed by atoms with van der Waals surface area (Å²) in [7, 11) is 0. The van der Waals surface area contributed by atoms with Gasteiger partial charge >= 0.3 is 12.1 Å². The predicted octanol–water partition coefficient (Wildman–Crippen LogP) is 4.00. The Morgan fingerprint density at radius 1 is 1.08 bits per heavy atom. The van der Waals surface area contributed by atoms with Crippen LogP contribution in [0, 0.1) is 0 Å². The predicted molar refractivity (Wildman–Crippen MR) is 132 cm³/mol. The van der Waals surface area contributed by atoms with E-state index in [1.165, 1.54) is 5.69 Å². The molecule has 194 valence electrons. The van der Waals surface area contributed by atoms with Crippen LogP contribution in [0.1, 0.15) is 27.3 Å². The number of halogens is 3. The minimum atomic E-state index is -5.08. The number of aliphatic carboxylic acids is 1. The van der Waals surface area contributed by atoms with E-state index in [9.17, 15) is 18.0 Å². The molecule has 1 saturated heterocycles. The fourth-order valence-electron chi connectivity index (χ4n) is 3.96. The molecule has 1 fully saturated rings. The van der Waals surface area contributed by atoms with Gasteiger partial charge in [0.15, 0.2) is 0 Å². The van der Waals surface area contributed by atoms with Gasteiger partial charge in [0.25, 0.3) is 5.91 Å². The summed E-state index contributed by atoms with van der Waals surface area (Å²) < 4.78 is 37.2. The summed E-state index contributed by atoms with van der Waals surface area (Å²) in [5, 5.41) is 10.0. The average Bonchev–Trinajstić information content (AvgIpc) is 3.34. The van der Waals surface area contributed by atoms with E-state index in [-0.39, 0.29) is 5.91 Å². The second kappa shape index (κ2) is 11.3. The number of carboxylic acid groups (broad SMARTS) is 1. The quantitative estimate of drug-likeness (QED) is 0.486. The minimum absolute atomic E-state index is 0.00606. The molecule has 3 aromatic rings. The number of morpholine rings is 1. The molecule has 0 aliphatic carbocycles. The number of pyridine rings is 1. The number of amides is 1. The molecule has 5 rings (SSSR count). The number of H-pyrrole nitrogens is 1. The van der Waals surface area contributed by atoms with Gasteiger partial charge in [-0.25, -0.2) is 4.79 Å². The van der Waals surface area contributed by atoms with Gasteiger partial charge < -0.3 is 25.0 Å². The third kappa shape index (κ3) is 6.76. The first-order valence-corrected chi connectivity index (χ1v) is 11.6. The third-order valence-corrected chi connectivity index (χ3v) is 5.85. The van der Waals surface area contributed by atoms with E-state index in [2.05, 4.69) is 50.5 Å². The Kier molecular flexibility index (Phi) is 7.92. The first-order valence-electron chi connectivity index (χ1n) is 11.6. The van der Waals surface area contributed by atoms with Crippen LogP contribution in [0.15, 0.2) is 48.7 Å². The summed E-state index contributed by atoms with van der Waals surface area (Å²) >= 11 is 0. The topological polar surface area (TPSA) is 108 Å². The van der Waals surface area contributed by atoms with Crippen molar-refractivity contribution in [1.82, 2.24) is 15.3 Å². The van der Waals surface area contributed by atoms with Gasteiger partial charge in [0, 0.05) is 54.9 Å². The summed E-state index contributed by atoms with van der Waals surface area (Å²) in [6.45, 7) is 4.14. The lowest BCUT2D eigenvalue weighted by atomic mass is 10.1. The highest BCUT2D eigenvalue weighted by Crippen LogP contribution is 2.25. The third-order valence-electron chi connectivity index (χ3n) is 5.85. The van der Waals surface area contributed by atoms with Crippen molar-refractivity contribution in [2.75, 3.05) is 37.7 Å². The van der Waals surface area contributed by atoms with Crippen LogP contribution in [-0.2, 0) is 16.0 Å². The Hall–Kier alpha value is -4.12. The molecule has 0 spiro atoms. The molecule has 8 nitrogen and oxygen atoms in total. The molecule has 4 heterocycles. The first kappa shape index (κ1) is 26.0. The maximum absolute atomic E-state index is 12.0. The zero-order valence-corrected chi connectivity index (χ0v) is 19.7. The summed E-state index contributed by atoms with van der Waals surface area (Å²) in [4.78, 5) is 31.1. The highest BCUT2D eigenvalue weighted by Gasteiger charge is 2.38. The molecule has 2 aliphatic rings. The molecule has 37 heavy (non-hydrogen) atoms. The first-order chi connectivity index (χ1) is 17.7. The number of nitrogens with one attached hydrogen (secondary N) is 2. The largest absolute Gasteiger partial charge is 0.490 e. The van der Waals surface area contributed by atoms with Crippen LogP contribution in [0.4, 0.5) is 18.9 Å². The summed E-state index contributed by atoms with van der Waals surface area (Å²) in [6, 6.07) is 14.5. The van der Waals surface area contributed by atoms with Crippen molar-refractivity contribution < 1.29 is 32.6 Å². The number of carboxylic acids is 1. The number of rotatable bonds is 4. The van der Waals surface area contributed by atoms with Crippen LogP contribution in [-0.4, -0.2) is 66.0 Å². The number of aromatic nitrogens is 2. The number of nitrogens with zero attached hydrogens (tertiary/aromatic N) is 2. The van der Waals surface area contributed by atoms with E-state index in [1.807, 2.05) is 24.3 Å². The van der Waals surface area contributed by atoms with E-state index < -0.39 is 12.1 Å². The smallest absolute Gasteiger partial charge is 0.475 e. The summed E-state index contributed by atoms with van der Waals surface area (Å²) in [5.74, 6) is -2.76. The number of fused-ring (bicyclic) bond motifs is 1. The Morgan fingerprint density at radius 3 is 2.43 bits per heavy atom. The van der Waals surface area contributed by atoms with Crippen LogP contribution in [0.25, 0.3) is 23.4 Å². The van der Waals surface area contributed by atoms with Gasteiger partial charge in [-0.2, -0.15) is 13.2 Å². The number of ether oxygens (including phenoxy) is 1. The van der Waals surface area contributed by atoms with Crippen molar-refractivity contribution in [1.29, 1.82) is 0 Å². The number of anilines is 1. The van der Waals surface area contributed by atoms with Crippen LogP contribution in [0.3, 0.4) is 0 Å². The van der Waals surface area contributed by atoms with E-state index in [0.717, 1.165) is 66.5 Å². The van der Waals surface area contributed by atoms with Gasteiger partial charge in [0.1, 0.15) is 0 Å². The maximum Gasteiger partial charge on any atom is 0.490 e. The van der Waals surface area contributed by atoms with Crippen molar-refractivity contribution in [2.45, 2.75) is 12.6 Å². The zero-order valence-electron chi connectivity index (χ0n) is 19.7. The van der Waals surface area contributed by atoms with E-state index >= 15 is 0 Å². The van der Waals surface area contributed by atoms with Gasteiger partial charge in [-0.15, -0.1) is 0 Å². The average molecular weight is 515 g/mol. The van der Waals surface area contributed by atoms with Gasteiger partial charge in [-0.05, 0) is 42.0 Å². The highest BCUT2D eigenvalue weighted by atomic mass is 19.4.